The van der Waals surface area contributed by atoms with E-state index in [0.29, 0.717) is 34.3 Å². The molecule has 0 fully saturated rings. The van der Waals surface area contributed by atoms with E-state index in [1.165, 1.54) is 23.1 Å². The fraction of sp³-hybridized carbons (Fsp3) is 0.0500. The summed E-state index contributed by atoms with van der Waals surface area (Å²) in [6, 6.07) is 42.8. The van der Waals surface area contributed by atoms with Crippen LogP contribution < -0.4 is 20.7 Å². The van der Waals surface area contributed by atoms with Gasteiger partial charge in [0, 0.05) is 27.1 Å². The number of thiazole rings is 1. The van der Waals surface area contributed by atoms with Crippen molar-refractivity contribution in [3.05, 3.63) is 167 Å². The third kappa shape index (κ3) is 9.79. The summed E-state index contributed by atoms with van der Waals surface area (Å²) in [5.74, 6) is -0.278. The highest BCUT2D eigenvalue weighted by atomic mass is 32.2. The zero-order chi connectivity index (χ0) is 34.5. The first kappa shape index (κ1) is 33.9. The molecule has 0 atom stereocenters. The van der Waals surface area contributed by atoms with E-state index in [4.69, 9.17) is 4.74 Å². The number of nitrogens with zero attached hydrogens (tertiary/aromatic N) is 1. The molecule has 0 aliphatic heterocycles. The number of amides is 3. The van der Waals surface area contributed by atoms with Crippen molar-refractivity contribution in [1.29, 1.82) is 0 Å². The number of benzene rings is 5. The molecule has 0 aliphatic carbocycles. The monoisotopic (exact) mass is 696 g/mol. The molecule has 3 amide bonds. The van der Waals surface area contributed by atoms with E-state index in [2.05, 4.69) is 20.9 Å². The quantitative estimate of drug-likeness (QED) is 0.0825. The average molecular weight is 697 g/mol. The standard InChI is InChI=1S/C40H32N4O4S2/c45-37(44-40-43-36(26-50-40)30-13-6-2-7-14-30)27-49-34-18-10-17-32(24-34)41-39(47)35(42-38(46)31-15-8-3-9-16-31)23-28-19-21-33(22-20-28)48-25-29-11-4-1-5-12-29/h1-24,26H,25,27H2,(H,41,47)(H,42,46)(H,43,44,45)/b35-23-. The summed E-state index contributed by atoms with van der Waals surface area (Å²) in [6.07, 6.45) is 1.61. The van der Waals surface area contributed by atoms with Gasteiger partial charge in [0.25, 0.3) is 11.8 Å². The summed E-state index contributed by atoms with van der Waals surface area (Å²) in [4.78, 5) is 44.7. The Labute approximate surface area is 298 Å². The number of carbonyl (C=O) groups is 3. The van der Waals surface area contributed by atoms with Gasteiger partial charge in [0.2, 0.25) is 5.91 Å². The van der Waals surface area contributed by atoms with Crippen LogP contribution in [0, 0.1) is 0 Å². The Morgan fingerprint density at radius 1 is 0.760 bits per heavy atom. The largest absolute Gasteiger partial charge is 0.489 e. The molecule has 6 rings (SSSR count). The van der Waals surface area contributed by atoms with Gasteiger partial charge in [-0.2, -0.15) is 0 Å². The Morgan fingerprint density at radius 3 is 2.20 bits per heavy atom. The maximum Gasteiger partial charge on any atom is 0.272 e. The molecular weight excluding hydrogens is 665 g/mol. The van der Waals surface area contributed by atoms with Crippen molar-refractivity contribution in [3.8, 4) is 17.0 Å². The maximum absolute atomic E-state index is 13.6. The number of rotatable bonds is 13. The number of thioether (sulfide) groups is 1. The predicted octanol–water partition coefficient (Wildman–Crippen LogP) is 8.53. The molecule has 0 unspecified atom stereocenters. The van der Waals surface area contributed by atoms with E-state index in [9.17, 15) is 14.4 Å². The SMILES string of the molecule is O=C(CSc1cccc(NC(=O)/C(=C/c2ccc(OCc3ccccc3)cc2)NC(=O)c2ccccc2)c1)Nc1nc(-c2ccccc2)cs1. The minimum atomic E-state index is -0.503. The zero-order valence-electron chi connectivity index (χ0n) is 26.7. The van der Waals surface area contributed by atoms with Crippen LogP contribution in [0.5, 0.6) is 5.75 Å². The molecule has 1 heterocycles. The first-order valence-corrected chi connectivity index (χ1v) is 17.5. The van der Waals surface area contributed by atoms with E-state index < -0.39 is 11.8 Å². The second-order valence-electron chi connectivity index (χ2n) is 10.9. The van der Waals surface area contributed by atoms with E-state index in [-0.39, 0.29) is 17.4 Å². The molecule has 5 aromatic carbocycles. The third-order valence-corrected chi connectivity index (χ3v) is 9.00. The Hall–Kier alpha value is -5.97. The van der Waals surface area contributed by atoms with Crippen LogP contribution in [0.1, 0.15) is 21.5 Å². The fourth-order valence-corrected chi connectivity index (χ4v) is 6.24. The highest BCUT2D eigenvalue weighted by Gasteiger charge is 2.16. The average Bonchev–Trinajstić information content (AvgIpc) is 3.63. The number of ether oxygens (including phenoxy) is 1. The van der Waals surface area contributed by atoms with Crippen LogP contribution >= 0.6 is 23.1 Å². The van der Waals surface area contributed by atoms with Crippen molar-refractivity contribution in [2.24, 2.45) is 0 Å². The first-order valence-electron chi connectivity index (χ1n) is 15.7. The molecule has 6 aromatic rings. The first-order chi connectivity index (χ1) is 24.5. The van der Waals surface area contributed by atoms with Gasteiger partial charge < -0.3 is 20.7 Å². The van der Waals surface area contributed by atoms with Gasteiger partial charge in [0.05, 0.1) is 11.4 Å². The second kappa shape index (κ2) is 16.9. The Balaban J connectivity index is 1.10. The summed E-state index contributed by atoms with van der Waals surface area (Å²) in [5, 5.41) is 11.0. The minimum absolute atomic E-state index is 0.0626. The molecule has 50 heavy (non-hydrogen) atoms. The Bertz CT molecular complexity index is 2090. The van der Waals surface area contributed by atoms with Gasteiger partial charge in [0.1, 0.15) is 18.1 Å². The van der Waals surface area contributed by atoms with Crippen molar-refractivity contribution in [1.82, 2.24) is 10.3 Å². The van der Waals surface area contributed by atoms with E-state index in [1.807, 2.05) is 102 Å². The van der Waals surface area contributed by atoms with Gasteiger partial charge in [-0.25, -0.2) is 4.98 Å². The van der Waals surface area contributed by atoms with Crippen molar-refractivity contribution in [3.63, 3.8) is 0 Å². The van der Waals surface area contributed by atoms with Crippen LogP contribution in [0.2, 0.25) is 0 Å². The lowest BCUT2D eigenvalue weighted by atomic mass is 10.1. The smallest absolute Gasteiger partial charge is 0.272 e. The van der Waals surface area contributed by atoms with Crippen LogP contribution in [0.4, 0.5) is 10.8 Å². The predicted molar refractivity (Wildman–Crippen MR) is 201 cm³/mol. The van der Waals surface area contributed by atoms with Gasteiger partial charge in [-0.3, -0.25) is 14.4 Å². The fourth-order valence-electron chi connectivity index (χ4n) is 4.75. The molecule has 3 N–H and O–H groups in total. The molecular formula is C40H32N4O4S2. The van der Waals surface area contributed by atoms with Gasteiger partial charge in [-0.15, -0.1) is 23.1 Å². The van der Waals surface area contributed by atoms with Crippen LogP contribution in [-0.4, -0.2) is 28.5 Å². The third-order valence-electron chi connectivity index (χ3n) is 7.25. The van der Waals surface area contributed by atoms with Crippen molar-refractivity contribution >= 4 is 57.7 Å². The van der Waals surface area contributed by atoms with Crippen LogP contribution in [0.25, 0.3) is 17.3 Å². The number of hydrogen-bond donors (Lipinski definition) is 3. The summed E-state index contributed by atoms with van der Waals surface area (Å²) in [6.45, 7) is 0.431. The Kier molecular flexibility index (Phi) is 11.5. The molecule has 1 aromatic heterocycles. The highest BCUT2D eigenvalue weighted by molar-refractivity contribution is 8.00. The normalized spacial score (nSPS) is 11.0. The number of anilines is 2. The minimum Gasteiger partial charge on any atom is -0.489 e. The molecule has 0 radical (unpaired) electrons. The molecule has 0 spiro atoms. The molecule has 0 saturated carbocycles. The van der Waals surface area contributed by atoms with Crippen molar-refractivity contribution in [2.45, 2.75) is 11.5 Å². The summed E-state index contributed by atoms with van der Waals surface area (Å²) < 4.78 is 5.89. The van der Waals surface area contributed by atoms with E-state index in [1.54, 1.807) is 48.5 Å². The molecule has 0 saturated heterocycles. The van der Waals surface area contributed by atoms with E-state index >= 15 is 0 Å². The molecule has 10 heteroatoms. The van der Waals surface area contributed by atoms with Gasteiger partial charge in [-0.05, 0) is 59.7 Å². The summed E-state index contributed by atoms with van der Waals surface area (Å²) in [7, 11) is 0. The number of aromatic nitrogens is 1. The van der Waals surface area contributed by atoms with Crippen molar-refractivity contribution in [2.75, 3.05) is 16.4 Å². The lowest BCUT2D eigenvalue weighted by Crippen LogP contribution is -2.30. The van der Waals surface area contributed by atoms with Gasteiger partial charge in [-0.1, -0.05) is 97.1 Å². The zero-order valence-corrected chi connectivity index (χ0v) is 28.4. The van der Waals surface area contributed by atoms with Crippen molar-refractivity contribution < 1.29 is 19.1 Å². The second-order valence-corrected chi connectivity index (χ2v) is 12.9. The van der Waals surface area contributed by atoms with E-state index in [0.717, 1.165) is 21.7 Å². The van der Waals surface area contributed by atoms with Crippen LogP contribution in [0.15, 0.2) is 155 Å². The number of nitrogens with one attached hydrogen (secondary N) is 3. The lowest BCUT2D eigenvalue weighted by Gasteiger charge is -2.12. The maximum atomic E-state index is 13.6. The molecule has 248 valence electrons. The number of hydrogen-bond acceptors (Lipinski definition) is 7. The summed E-state index contributed by atoms with van der Waals surface area (Å²) in [5.41, 5.74) is 4.53. The molecule has 8 nitrogen and oxygen atoms in total. The van der Waals surface area contributed by atoms with Crippen LogP contribution in [-0.2, 0) is 16.2 Å². The van der Waals surface area contributed by atoms with Crippen LogP contribution in [0.3, 0.4) is 0 Å². The summed E-state index contributed by atoms with van der Waals surface area (Å²) >= 11 is 2.70. The molecule has 0 aliphatic rings. The lowest BCUT2D eigenvalue weighted by molar-refractivity contribution is -0.114. The van der Waals surface area contributed by atoms with Gasteiger partial charge >= 0.3 is 0 Å². The highest BCUT2D eigenvalue weighted by Crippen LogP contribution is 2.26. The van der Waals surface area contributed by atoms with Gasteiger partial charge in [0.15, 0.2) is 5.13 Å². The number of carbonyl (C=O) groups excluding carboxylic acids is 3. The Morgan fingerprint density at radius 2 is 1.46 bits per heavy atom. The topological polar surface area (TPSA) is 109 Å². The molecule has 0 bridgehead atoms.